The van der Waals surface area contributed by atoms with Gasteiger partial charge in [0.1, 0.15) is 5.82 Å². The van der Waals surface area contributed by atoms with Crippen LogP contribution in [-0.2, 0) is 4.79 Å². The van der Waals surface area contributed by atoms with Gasteiger partial charge in [-0.3, -0.25) is 14.5 Å². The molecule has 0 unspecified atom stereocenters. The first-order valence-corrected chi connectivity index (χ1v) is 6.47. The van der Waals surface area contributed by atoms with E-state index in [2.05, 4.69) is 0 Å². The molecule has 1 N–H and O–H groups in total. The lowest BCUT2D eigenvalue weighted by Crippen LogP contribution is -2.50. The molecule has 108 valence electrons. The molecule has 0 spiro atoms. The number of piperazine rings is 1. The minimum absolute atomic E-state index is 0.00237. The molecule has 6 heteroatoms. The number of hydrogen-bond donors (Lipinski definition) is 1. The standard InChI is InChI=1S/C14H17FN2O3/c1-10-8-11(15)2-3-12(10)14(20)17-6-4-16(5-7-17)9-13(18)19/h2-3,8H,4-7,9H2,1H3,(H,18,19). The molecule has 1 saturated heterocycles. The van der Waals surface area contributed by atoms with Gasteiger partial charge in [0, 0.05) is 31.7 Å². The predicted octanol–water partition coefficient (Wildman–Crippen LogP) is 0.977. The highest BCUT2D eigenvalue weighted by atomic mass is 19.1. The molecule has 0 radical (unpaired) electrons. The fourth-order valence-electron chi connectivity index (χ4n) is 2.34. The van der Waals surface area contributed by atoms with Crippen molar-refractivity contribution in [2.75, 3.05) is 32.7 Å². The highest BCUT2D eigenvalue weighted by Gasteiger charge is 2.24. The number of carbonyl (C=O) groups excluding carboxylic acids is 1. The highest BCUT2D eigenvalue weighted by molar-refractivity contribution is 5.95. The van der Waals surface area contributed by atoms with Crippen molar-refractivity contribution in [1.29, 1.82) is 0 Å². The smallest absolute Gasteiger partial charge is 0.317 e. The Kier molecular flexibility index (Phi) is 4.34. The zero-order chi connectivity index (χ0) is 14.7. The quantitative estimate of drug-likeness (QED) is 0.896. The average molecular weight is 280 g/mol. The number of aryl methyl sites for hydroxylation is 1. The second kappa shape index (κ2) is 6.00. The molecule has 0 aromatic heterocycles. The van der Waals surface area contributed by atoms with Gasteiger partial charge in [0.05, 0.1) is 6.54 Å². The molecule has 0 aliphatic carbocycles. The number of carbonyl (C=O) groups is 2. The first-order chi connectivity index (χ1) is 9.47. The lowest BCUT2D eigenvalue weighted by Gasteiger charge is -2.34. The normalized spacial score (nSPS) is 16.2. The molecule has 20 heavy (non-hydrogen) atoms. The largest absolute Gasteiger partial charge is 0.480 e. The van der Waals surface area contributed by atoms with Gasteiger partial charge in [-0.2, -0.15) is 0 Å². The summed E-state index contributed by atoms with van der Waals surface area (Å²) in [5.41, 5.74) is 1.11. The van der Waals surface area contributed by atoms with Gasteiger partial charge >= 0.3 is 5.97 Å². The van der Waals surface area contributed by atoms with Crippen LogP contribution in [0.3, 0.4) is 0 Å². The minimum atomic E-state index is -0.862. The summed E-state index contributed by atoms with van der Waals surface area (Å²) in [6.07, 6.45) is 0. The van der Waals surface area contributed by atoms with E-state index in [-0.39, 0.29) is 18.3 Å². The highest BCUT2D eigenvalue weighted by Crippen LogP contribution is 2.14. The number of aliphatic carboxylic acids is 1. The Balaban J connectivity index is 1.99. The minimum Gasteiger partial charge on any atom is -0.480 e. The van der Waals surface area contributed by atoms with Crippen LogP contribution in [0.15, 0.2) is 18.2 Å². The average Bonchev–Trinajstić information content (AvgIpc) is 2.38. The van der Waals surface area contributed by atoms with E-state index in [1.165, 1.54) is 18.2 Å². The Labute approximate surface area is 116 Å². The maximum Gasteiger partial charge on any atom is 0.317 e. The predicted molar refractivity (Wildman–Crippen MR) is 71.1 cm³/mol. The Morgan fingerprint density at radius 2 is 1.90 bits per heavy atom. The van der Waals surface area contributed by atoms with Gasteiger partial charge in [-0.05, 0) is 30.7 Å². The van der Waals surface area contributed by atoms with E-state index in [0.29, 0.717) is 37.3 Å². The van der Waals surface area contributed by atoms with Gasteiger partial charge in [0.15, 0.2) is 0 Å². The van der Waals surface area contributed by atoms with Crippen LogP contribution in [-0.4, -0.2) is 59.5 Å². The molecule has 1 aliphatic rings. The van der Waals surface area contributed by atoms with Crippen molar-refractivity contribution in [2.24, 2.45) is 0 Å². The van der Waals surface area contributed by atoms with Crippen molar-refractivity contribution >= 4 is 11.9 Å². The molecule has 2 rings (SSSR count). The SMILES string of the molecule is Cc1cc(F)ccc1C(=O)N1CCN(CC(=O)O)CC1. The Morgan fingerprint density at radius 3 is 2.45 bits per heavy atom. The van der Waals surface area contributed by atoms with Gasteiger partial charge in [0.2, 0.25) is 0 Å². The zero-order valence-electron chi connectivity index (χ0n) is 11.3. The van der Waals surface area contributed by atoms with Crippen LogP contribution in [0.5, 0.6) is 0 Å². The number of amides is 1. The van der Waals surface area contributed by atoms with Crippen molar-refractivity contribution in [3.05, 3.63) is 35.1 Å². The number of rotatable bonds is 3. The molecular formula is C14H17FN2O3. The third kappa shape index (κ3) is 3.33. The first-order valence-electron chi connectivity index (χ1n) is 6.47. The summed E-state index contributed by atoms with van der Waals surface area (Å²) >= 11 is 0. The van der Waals surface area contributed by atoms with Crippen LogP contribution in [0.2, 0.25) is 0 Å². The van der Waals surface area contributed by atoms with Gasteiger partial charge in [-0.15, -0.1) is 0 Å². The van der Waals surface area contributed by atoms with E-state index >= 15 is 0 Å². The first kappa shape index (κ1) is 14.5. The van der Waals surface area contributed by atoms with Crippen molar-refractivity contribution in [3.63, 3.8) is 0 Å². The van der Waals surface area contributed by atoms with E-state index in [1.54, 1.807) is 16.7 Å². The lowest BCUT2D eigenvalue weighted by molar-refractivity contribution is -0.138. The molecule has 1 aromatic rings. The van der Waals surface area contributed by atoms with Crippen LogP contribution in [0.25, 0.3) is 0 Å². The number of hydrogen-bond acceptors (Lipinski definition) is 3. The van der Waals surface area contributed by atoms with Crippen LogP contribution in [0.1, 0.15) is 15.9 Å². The molecule has 0 saturated carbocycles. The fraction of sp³-hybridized carbons (Fsp3) is 0.429. The summed E-state index contributed by atoms with van der Waals surface area (Å²) in [6, 6.07) is 4.12. The third-order valence-corrected chi connectivity index (χ3v) is 3.44. The summed E-state index contributed by atoms with van der Waals surface area (Å²) in [4.78, 5) is 26.4. The summed E-state index contributed by atoms with van der Waals surface area (Å²) in [6.45, 7) is 3.76. The van der Waals surface area contributed by atoms with Crippen LogP contribution in [0, 0.1) is 12.7 Å². The third-order valence-electron chi connectivity index (χ3n) is 3.44. The molecular weight excluding hydrogens is 263 g/mol. The van der Waals surface area contributed by atoms with Crippen molar-refractivity contribution in [2.45, 2.75) is 6.92 Å². The molecule has 1 fully saturated rings. The summed E-state index contributed by atoms with van der Waals surface area (Å²) in [7, 11) is 0. The van der Waals surface area contributed by atoms with E-state index in [4.69, 9.17) is 5.11 Å². The van der Waals surface area contributed by atoms with Crippen LogP contribution < -0.4 is 0 Å². The van der Waals surface area contributed by atoms with Gasteiger partial charge in [-0.25, -0.2) is 4.39 Å². The monoisotopic (exact) mass is 280 g/mol. The zero-order valence-corrected chi connectivity index (χ0v) is 11.3. The summed E-state index contributed by atoms with van der Waals surface area (Å²) in [5, 5.41) is 8.72. The van der Waals surface area contributed by atoms with E-state index in [1.807, 2.05) is 0 Å². The topological polar surface area (TPSA) is 60.9 Å². The fourth-order valence-corrected chi connectivity index (χ4v) is 2.34. The second-order valence-corrected chi connectivity index (χ2v) is 4.92. The molecule has 5 nitrogen and oxygen atoms in total. The molecule has 0 bridgehead atoms. The van der Waals surface area contributed by atoms with Gasteiger partial charge in [-0.1, -0.05) is 0 Å². The summed E-state index contributed by atoms with van der Waals surface area (Å²) in [5.74, 6) is -1.35. The summed E-state index contributed by atoms with van der Waals surface area (Å²) < 4.78 is 13.0. The van der Waals surface area contributed by atoms with Gasteiger partial charge < -0.3 is 10.0 Å². The number of carboxylic acids is 1. The second-order valence-electron chi connectivity index (χ2n) is 4.92. The van der Waals surface area contributed by atoms with Crippen molar-refractivity contribution < 1.29 is 19.1 Å². The Morgan fingerprint density at radius 1 is 1.25 bits per heavy atom. The molecule has 0 atom stereocenters. The van der Waals surface area contributed by atoms with Crippen LogP contribution in [0.4, 0.5) is 4.39 Å². The Hall–Kier alpha value is -1.95. The number of carboxylic acid groups (broad SMARTS) is 1. The van der Waals surface area contributed by atoms with E-state index < -0.39 is 5.97 Å². The van der Waals surface area contributed by atoms with Crippen molar-refractivity contribution in [1.82, 2.24) is 9.80 Å². The molecule has 1 amide bonds. The van der Waals surface area contributed by atoms with E-state index in [9.17, 15) is 14.0 Å². The van der Waals surface area contributed by atoms with Gasteiger partial charge in [0.25, 0.3) is 5.91 Å². The number of halogens is 1. The number of nitrogens with zero attached hydrogens (tertiary/aromatic N) is 2. The Bertz CT molecular complexity index is 525. The maximum atomic E-state index is 13.0. The maximum absolute atomic E-state index is 13.0. The molecule has 1 aromatic carbocycles. The molecule has 1 aliphatic heterocycles. The van der Waals surface area contributed by atoms with E-state index in [0.717, 1.165) is 0 Å². The van der Waals surface area contributed by atoms with Crippen LogP contribution >= 0.6 is 0 Å². The lowest BCUT2D eigenvalue weighted by atomic mass is 10.1. The number of benzene rings is 1. The van der Waals surface area contributed by atoms with Crippen molar-refractivity contribution in [3.8, 4) is 0 Å². The molecule has 1 heterocycles.